The van der Waals surface area contributed by atoms with Gasteiger partial charge in [0.2, 0.25) is 5.89 Å². The third kappa shape index (κ3) is 1.95. The molecule has 0 unspecified atom stereocenters. The minimum absolute atomic E-state index is 0.639. The fourth-order valence-electron chi connectivity index (χ4n) is 1.92. The number of hydrogen-bond donors (Lipinski definition) is 0. The standard InChI is InChI=1S/C15H13NO2/c1-17-13-8-6-12(7-9-13)15-16-10-14(18-15)11-4-2-3-5-11/h2-4,6-10H,5H2,1H3. The Morgan fingerprint density at radius 2 is 2.06 bits per heavy atom. The van der Waals surface area contributed by atoms with E-state index in [1.165, 1.54) is 5.57 Å². The zero-order valence-corrected chi connectivity index (χ0v) is 10.1. The zero-order chi connectivity index (χ0) is 12.4. The highest BCUT2D eigenvalue weighted by Crippen LogP contribution is 2.28. The van der Waals surface area contributed by atoms with Crippen LogP contribution >= 0.6 is 0 Å². The van der Waals surface area contributed by atoms with Crippen molar-refractivity contribution in [2.24, 2.45) is 0 Å². The summed E-state index contributed by atoms with van der Waals surface area (Å²) in [6.07, 6.45) is 8.88. The highest BCUT2D eigenvalue weighted by atomic mass is 16.5. The third-order valence-electron chi connectivity index (χ3n) is 2.93. The van der Waals surface area contributed by atoms with Crippen molar-refractivity contribution in [2.75, 3.05) is 7.11 Å². The van der Waals surface area contributed by atoms with Gasteiger partial charge in [-0.25, -0.2) is 4.98 Å². The molecule has 0 saturated carbocycles. The van der Waals surface area contributed by atoms with Crippen molar-refractivity contribution in [3.05, 3.63) is 54.5 Å². The Balaban J connectivity index is 1.88. The number of methoxy groups -OCH3 is 1. The predicted molar refractivity (Wildman–Crippen MR) is 70.2 cm³/mol. The lowest BCUT2D eigenvalue weighted by atomic mass is 10.2. The number of oxazole rings is 1. The predicted octanol–water partition coefficient (Wildman–Crippen LogP) is 3.69. The number of allylic oxidation sites excluding steroid dienone is 4. The molecule has 0 radical (unpaired) electrons. The van der Waals surface area contributed by atoms with Crippen LogP contribution in [-0.2, 0) is 0 Å². The van der Waals surface area contributed by atoms with Crippen LogP contribution in [0, 0.1) is 0 Å². The third-order valence-corrected chi connectivity index (χ3v) is 2.93. The summed E-state index contributed by atoms with van der Waals surface area (Å²) in [4.78, 5) is 4.31. The van der Waals surface area contributed by atoms with Gasteiger partial charge in [0.25, 0.3) is 0 Å². The van der Waals surface area contributed by atoms with E-state index < -0.39 is 0 Å². The minimum Gasteiger partial charge on any atom is -0.497 e. The maximum absolute atomic E-state index is 5.77. The molecule has 1 aromatic carbocycles. The lowest BCUT2D eigenvalue weighted by molar-refractivity contribution is 0.415. The second-order valence-electron chi connectivity index (χ2n) is 4.08. The van der Waals surface area contributed by atoms with E-state index in [4.69, 9.17) is 9.15 Å². The normalized spacial score (nSPS) is 13.7. The Bertz CT molecular complexity index is 606. The fourth-order valence-corrected chi connectivity index (χ4v) is 1.92. The first-order valence-electron chi connectivity index (χ1n) is 5.83. The summed E-state index contributed by atoms with van der Waals surface area (Å²) in [5.74, 6) is 2.31. The van der Waals surface area contributed by atoms with Gasteiger partial charge < -0.3 is 9.15 Å². The number of rotatable bonds is 3. The molecule has 90 valence electrons. The molecule has 1 aromatic heterocycles. The van der Waals surface area contributed by atoms with Crippen molar-refractivity contribution in [1.29, 1.82) is 0 Å². The molecule has 0 N–H and O–H groups in total. The summed E-state index contributed by atoms with van der Waals surface area (Å²) in [6, 6.07) is 7.68. The molecule has 2 aromatic rings. The van der Waals surface area contributed by atoms with Crippen LogP contribution in [0.2, 0.25) is 0 Å². The smallest absolute Gasteiger partial charge is 0.226 e. The summed E-state index contributed by atoms with van der Waals surface area (Å²) >= 11 is 0. The largest absolute Gasteiger partial charge is 0.497 e. The first-order chi connectivity index (χ1) is 8.86. The maximum Gasteiger partial charge on any atom is 0.226 e. The summed E-state index contributed by atoms with van der Waals surface area (Å²) in [5, 5.41) is 0. The van der Waals surface area contributed by atoms with Gasteiger partial charge in [0.1, 0.15) is 5.75 Å². The molecular formula is C15H13NO2. The molecule has 0 saturated heterocycles. The maximum atomic E-state index is 5.77. The zero-order valence-electron chi connectivity index (χ0n) is 10.1. The Kier molecular flexibility index (Phi) is 2.73. The summed E-state index contributed by atoms with van der Waals surface area (Å²) in [5.41, 5.74) is 2.12. The van der Waals surface area contributed by atoms with Crippen molar-refractivity contribution >= 4 is 5.57 Å². The first kappa shape index (κ1) is 10.8. The quantitative estimate of drug-likeness (QED) is 0.819. The second-order valence-corrected chi connectivity index (χ2v) is 4.08. The molecule has 0 amide bonds. The second kappa shape index (κ2) is 4.53. The average molecular weight is 239 g/mol. The summed E-state index contributed by atoms with van der Waals surface area (Å²) < 4.78 is 10.9. The number of ether oxygens (including phenoxy) is 1. The number of nitrogens with zero attached hydrogens (tertiary/aromatic N) is 1. The molecule has 3 heteroatoms. The molecule has 0 spiro atoms. The topological polar surface area (TPSA) is 35.3 Å². The van der Waals surface area contributed by atoms with E-state index in [2.05, 4.69) is 17.1 Å². The van der Waals surface area contributed by atoms with Crippen molar-refractivity contribution in [2.45, 2.75) is 6.42 Å². The van der Waals surface area contributed by atoms with Crippen LogP contribution in [0.25, 0.3) is 17.0 Å². The van der Waals surface area contributed by atoms with Crippen LogP contribution < -0.4 is 4.74 Å². The Morgan fingerprint density at radius 3 is 2.72 bits per heavy atom. The van der Waals surface area contributed by atoms with Gasteiger partial charge in [0.05, 0.1) is 13.3 Å². The molecule has 0 aliphatic heterocycles. The molecule has 1 aliphatic carbocycles. The molecule has 18 heavy (non-hydrogen) atoms. The Hall–Kier alpha value is -2.29. The van der Waals surface area contributed by atoms with Crippen molar-refractivity contribution in [3.63, 3.8) is 0 Å². The Morgan fingerprint density at radius 1 is 1.22 bits per heavy atom. The van der Waals surface area contributed by atoms with E-state index in [9.17, 15) is 0 Å². The molecule has 0 fully saturated rings. The van der Waals surface area contributed by atoms with Gasteiger partial charge in [-0.15, -0.1) is 0 Å². The monoisotopic (exact) mass is 239 g/mol. The van der Waals surface area contributed by atoms with Gasteiger partial charge in [0.15, 0.2) is 5.76 Å². The van der Waals surface area contributed by atoms with E-state index in [1.807, 2.05) is 30.3 Å². The van der Waals surface area contributed by atoms with Gasteiger partial charge in [-0.3, -0.25) is 0 Å². The van der Waals surface area contributed by atoms with Gasteiger partial charge in [-0.05, 0) is 30.7 Å². The van der Waals surface area contributed by atoms with Gasteiger partial charge >= 0.3 is 0 Å². The Labute approximate surface area is 105 Å². The van der Waals surface area contributed by atoms with Crippen molar-refractivity contribution in [1.82, 2.24) is 4.98 Å². The molecule has 1 aliphatic rings. The van der Waals surface area contributed by atoms with E-state index in [0.29, 0.717) is 5.89 Å². The molecule has 1 heterocycles. The van der Waals surface area contributed by atoms with E-state index in [0.717, 1.165) is 23.5 Å². The van der Waals surface area contributed by atoms with Gasteiger partial charge in [0, 0.05) is 11.1 Å². The average Bonchev–Trinajstić information content (AvgIpc) is 3.09. The number of benzene rings is 1. The number of aromatic nitrogens is 1. The van der Waals surface area contributed by atoms with Crippen LogP contribution in [0.5, 0.6) is 5.75 Å². The summed E-state index contributed by atoms with van der Waals surface area (Å²) in [7, 11) is 1.65. The van der Waals surface area contributed by atoms with Crippen LogP contribution in [0.3, 0.4) is 0 Å². The molecule has 0 bridgehead atoms. The fraction of sp³-hybridized carbons (Fsp3) is 0.133. The highest BCUT2D eigenvalue weighted by Gasteiger charge is 2.11. The minimum atomic E-state index is 0.639. The van der Waals surface area contributed by atoms with E-state index >= 15 is 0 Å². The van der Waals surface area contributed by atoms with Crippen LogP contribution in [0.1, 0.15) is 12.2 Å². The highest BCUT2D eigenvalue weighted by molar-refractivity contribution is 5.68. The van der Waals surface area contributed by atoms with Crippen LogP contribution in [-0.4, -0.2) is 12.1 Å². The molecular weight excluding hydrogens is 226 g/mol. The van der Waals surface area contributed by atoms with Gasteiger partial charge in [-0.1, -0.05) is 18.2 Å². The first-order valence-corrected chi connectivity index (χ1v) is 5.83. The van der Waals surface area contributed by atoms with Crippen molar-refractivity contribution in [3.8, 4) is 17.2 Å². The SMILES string of the molecule is COc1ccc(-c2ncc(C3=CC=CC3)o2)cc1. The molecule has 3 nitrogen and oxygen atoms in total. The van der Waals surface area contributed by atoms with Crippen LogP contribution in [0.15, 0.2) is 53.1 Å². The lowest BCUT2D eigenvalue weighted by Gasteiger charge is -2.00. The summed E-state index contributed by atoms with van der Waals surface area (Å²) in [6.45, 7) is 0. The van der Waals surface area contributed by atoms with E-state index in [1.54, 1.807) is 13.3 Å². The van der Waals surface area contributed by atoms with Crippen molar-refractivity contribution < 1.29 is 9.15 Å². The lowest BCUT2D eigenvalue weighted by Crippen LogP contribution is -1.82. The molecule has 3 rings (SSSR count). The number of hydrogen-bond acceptors (Lipinski definition) is 3. The van der Waals surface area contributed by atoms with E-state index in [-0.39, 0.29) is 0 Å². The van der Waals surface area contributed by atoms with Crippen LogP contribution in [0.4, 0.5) is 0 Å². The molecule has 0 atom stereocenters. The van der Waals surface area contributed by atoms with Gasteiger partial charge in [-0.2, -0.15) is 0 Å².